The Kier molecular flexibility index (Phi) is 3.61. The Bertz CT molecular complexity index is 341. The number of rotatable bonds is 6. The van der Waals surface area contributed by atoms with Crippen LogP contribution in [-0.4, -0.2) is 30.1 Å². The van der Waals surface area contributed by atoms with Gasteiger partial charge in [0.25, 0.3) is 0 Å². The average molecular weight is 254 g/mol. The lowest BCUT2D eigenvalue weighted by molar-refractivity contribution is -0.154. The van der Waals surface area contributed by atoms with E-state index in [0.29, 0.717) is 25.8 Å². The highest BCUT2D eigenvalue weighted by Gasteiger charge is 2.45. The third kappa shape index (κ3) is 2.36. The number of carbonyl (C=O) groups excluding carboxylic acids is 1. The topological polar surface area (TPSA) is 92.4 Å². The van der Waals surface area contributed by atoms with Gasteiger partial charge >= 0.3 is 5.97 Å². The lowest BCUT2D eigenvalue weighted by Crippen LogP contribution is -2.49. The summed E-state index contributed by atoms with van der Waals surface area (Å²) in [6, 6.07) is 0. The summed E-state index contributed by atoms with van der Waals surface area (Å²) >= 11 is 0. The first-order chi connectivity index (χ1) is 8.52. The second kappa shape index (κ2) is 4.88. The molecule has 0 aliphatic heterocycles. The molecule has 0 atom stereocenters. The summed E-state index contributed by atoms with van der Waals surface area (Å²) in [6.45, 7) is 0.812. The van der Waals surface area contributed by atoms with Gasteiger partial charge in [-0.1, -0.05) is 12.8 Å². The van der Waals surface area contributed by atoms with Gasteiger partial charge in [-0.2, -0.15) is 0 Å². The Morgan fingerprint density at radius 2 is 1.78 bits per heavy atom. The van der Waals surface area contributed by atoms with Gasteiger partial charge in [0.2, 0.25) is 5.91 Å². The van der Waals surface area contributed by atoms with E-state index in [1.807, 2.05) is 0 Å². The van der Waals surface area contributed by atoms with Gasteiger partial charge in [0.15, 0.2) is 0 Å². The third-order valence-electron chi connectivity index (χ3n) is 4.77. The van der Waals surface area contributed by atoms with Crippen molar-refractivity contribution in [3.05, 3.63) is 0 Å². The van der Waals surface area contributed by atoms with Crippen molar-refractivity contribution in [3.63, 3.8) is 0 Å². The predicted molar refractivity (Wildman–Crippen MR) is 66.9 cm³/mol. The summed E-state index contributed by atoms with van der Waals surface area (Å²) < 4.78 is 0. The van der Waals surface area contributed by atoms with Gasteiger partial charge in [-0.05, 0) is 37.6 Å². The molecule has 102 valence electrons. The van der Waals surface area contributed by atoms with E-state index in [1.54, 1.807) is 0 Å². The molecule has 5 nitrogen and oxygen atoms in total. The maximum absolute atomic E-state index is 11.9. The quantitative estimate of drug-likeness (QED) is 0.656. The lowest BCUT2D eigenvalue weighted by Gasteiger charge is -2.41. The summed E-state index contributed by atoms with van der Waals surface area (Å²) in [5.41, 5.74) is 4.99. The van der Waals surface area contributed by atoms with Gasteiger partial charge in [-0.3, -0.25) is 9.59 Å². The van der Waals surface area contributed by atoms with Crippen molar-refractivity contribution in [3.8, 4) is 0 Å². The fourth-order valence-electron chi connectivity index (χ4n) is 2.87. The minimum atomic E-state index is -0.786. The fourth-order valence-corrected chi connectivity index (χ4v) is 2.87. The molecular weight excluding hydrogens is 232 g/mol. The molecule has 0 aromatic rings. The number of carboxylic acids is 1. The predicted octanol–water partition coefficient (Wildman–Crippen LogP) is 0.877. The van der Waals surface area contributed by atoms with Crippen molar-refractivity contribution in [2.24, 2.45) is 16.6 Å². The van der Waals surface area contributed by atoms with Crippen LogP contribution in [0.5, 0.6) is 0 Å². The van der Waals surface area contributed by atoms with E-state index in [2.05, 4.69) is 5.32 Å². The first-order valence-corrected chi connectivity index (χ1v) is 6.72. The van der Waals surface area contributed by atoms with Crippen LogP contribution >= 0.6 is 0 Å². The van der Waals surface area contributed by atoms with Crippen LogP contribution in [0.25, 0.3) is 0 Å². The minimum Gasteiger partial charge on any atom is -0.481 e. The maximum Gasteiger partial charge on any atom is 0.311 e. The first-order valence-electron chi connectivity index (χ1n) is 6.72. The number of carboxylic acid groups (broad SMARTS) is 1. The van der Waals surface area contributed by atoms with E-state index < -0.39 is 11.4 Å². The summed E-state index contributed by atoms with van der Waals surface area (Å²) in [6.07, 6.45) is 5.90. The highest BCUT2D eigenvalue weighted by atomic mass is 16.4. The number of hydrogen-bond acceptors (Lipinski definition) is 3. The second-order valence-corrected chi connectivity index (χ2v) is 5.95. The van der Waals surface area contributed by atoms with Crippen molar-refractivity contribution >= 4 is 11.9 Å². The molecule has 0 saturated heterocycles. The largest absolute Gasteiger partial charge is 0.481 e. The molecule has 0 bridgehead atoms. The Morgan fingerprint density at radius 1 is 1.17 bits per heavy atom. The fraction of sp³-hybridized carbons (Fsp3) is 0.846. The van der Waals surface area contributed by atoms with E-state index >= 15 is 0 Å². The number of nitrogens with two attached hydrogens (primary N) is 1. The van der Waals surface area contributed by atoms with Crippen molar-refractivity contribution in [1.29, 1.82) is 0 Å². The van der Waals surface area contributed by atoms with Gasteiger partial charge in [0, 0.05) is 13.0 Å². The Hall–Kier alpha value is -1.10. The van der Waals surface area contributed by atoms with E-state index in [4.69, 9.17) is 10.8 Å². The molecule has 18 heavy (non-hydrogen) atoms. The molecule has 0 radical (unpaired) electrons. The van der Waals surface area contributed by atoms with Crippen LogP contribution < -0.4 is 11.1 Å². The molecule has 0 aromatic carbocycles. The molecule has 0 unspecified atom stereocenters. The molecule has 2 rings (SSSR count). The molecule has 5 heteroatoms. The zero-order chi connectivity index (χ0) is 13.2. The minimum absolute atomic E-state index is 0.0138. The summed E-state index contributed by atoms with van der Waals surface area (Å²) in [5.74, 6) is -0.834. The SMILES string of the molecule is NCC1(CC(=O)NCC2(C(=O)O)CCC2)CCC1. The number of aliphatic carboxylic acids is 1. The molecule has 0 spiro atoms. The first kappa shape index (κ1) is 13.3. The molecular formula is C13H22N2O3. The van der Waals surface area contributed by atoms with Crippen LogP contribution in [0.1, 0.15) is 44.9 Å². The summed E-state index contributed by atoms with van der Waals surface area (Å²) in [5, 5.41) is 12.0. The monoisotopic (exact) mass is 254 g/mol. The number of carbonyl (C=O) groups is 2. The molecule has 0 heterocycles. The van der Waals surface area contributed by atoms with Crippen molar-refractivity contribution in [1.82, 2.24) is 5.32 Å². The zero-order valence-corrected chi connectivity index (χ0v) is 10.7. The molecule has 2 aliphatic rings. The van der Waals surface area contributed by atoms with Crippen LogP contribution in [0.2, 0.25) is 0 Å². The highest BCUT2D eigenvalue weighted by molar-refractivity contribution is 5.80. The van der Waals surface area contributed by atoms with Crippen LogP contribution in [0.3, 0.4) is 0 Å². The van der Waals surface area contributed by atoms with E-state index in [9.17, 15) is 9.59 Å². The summed E-state index contributed by atoms with van der Waals surface area (Å²) in [7, 11) is 0. The molecule has 2 saturated carbocycles. The van der Waals surface area contributed by atoms with Crippen molar-refractivity contribution in [2.75, 3.05) is 13.1 Å². The molecule has 2 aliphatic carbocycles. The number of hydrogen-bond donors (Lipinski definition) is 3. The van der Waals surface area contributed by atoms with Crippen LogP contribution in [0, 0.1) is 10.8 Å². The van der Waals surface area contributed by atoms with Gasteiger partial charge < -0.3 is 16.2 Å². The van der Waals surface area contributed by atoms with Crippen LogP contribution in [0.4, 0.5) is 0 Å². The van der Waals surface area contributed by atoms with Crippen molar-refractivity contribution < 1.29 is 14.7 Å². The molecule has 1 amide bonds. The maximum atomic E-state index is 11.9. The average Bonchev–Trinajstić information content (AvgIpc) is 2.21. The lowest BCUT2D eigenvalue weighted by atomic mass is 9.66. The van der Waals surface area contributed by atoms with E-state index in [-0.39, 0.29) is 17.9 Å². The van der Waals surface area contributed by atoms with Gasteiger partial charge in [-0.15, -0.1) is 0 Å². The molecule has 2 fully saturated rings. The zero-order valence-electron chi connectivity index (χ0n) is 10.7. The Labute approximate surface area is 107 Å². The Balaban J connectivity index is 1.79. The highest BCUT2D eigenvalue weighted by Crippen LogP contribution is 2.43. The normalized spacial score (nSPS) is 23.6. The van der Waals surface area contributed by atoms with Crippen molar-refractivity contribution in [2.45, 2.75) is 44.9 Å². The standard InChI is InChI=1S/C13H22N2O3/c14-8-12(3-1-4-12)7-10(16)15-9-13(11(17)18)5-2-6-13/h1-9,14H2,(H,15,16)(H,17,18). The van der Waals surface area contributed by atoms with Gasteiger partial charge in [0.05, 0.1) is 5.41 Å². The van der Waals surface area contributed by atoms with E-state index in [0.717, 1.165) is 25.7 Å². The van der Waals surface area contributed by atoms with Crippen LogP contribution in [0.15, 0.2) is 0 Å². The number of amides is 1. The molecule has 0 aromatic heterocycles. The summed E-state index contributed by atoms with van der Waals surface area (Å²) in [4.78, 5) is 23.0. The smallest absolute Gasteiger partial charge is 0.311 e. The number of nitrogens with one attached hydrogen (secondary N) is 1. The molecule has 4 N–H and O–H groups in total. The second-order valence-electron chi connectivity index (χ2n) is 5.95. The Morgan fingerprint density at radius 3 is 2.11 bits per heavy atom. The van der Waals surface area contributed by atoms with E-state index in [1.165, 1.54) is 0 Å². The van der Waals surface area contributed by atoms with Gasteiger partial charge in [0.1, 0.15) is 0 Å². The third-order valence-corrected chi connectivity index (χ3v) is 4.77. The van der Waals surface area contributed by atoms with Crippen LogP contribution in [-0.2, 0) is 9.59 Å². The van der Waals surface area contributed by atoms with Gasteiger partial charge in [-0.25, -0.2) is 0 Å².